The lowest BCUT2D eigenvalue weighted by Gasteiger charge is -2.43. The average Bonchev–Trinajstić information content (AvgIpc) is 2.69. The molecule has 4 rings (SSSR count). The van der Waals surface area contributed by atoms with E-state index in [0.29, 0.717) is 36.6 Å². The number of aromatic nitrogens is 1. The summed E-state index contributed by atoms with van der Waals surface area (Å²) in [6.45, 7) is 1.81. The number of rotatable bonds is 5. The predicted octanol–water partition coefficient (Wildman–Crippen LogP) is 3.37. The number of piperidine rings is 1. The summed E-state index contributed by atoms with van der Waals surface area (Å²) in [5.74, 6) is -0.492. The van der Waals surface area contributed by atoms with Crippen molar-refractivity contribution in [1.29, 1.82) is 0 Å². The molecule has 1 saturated heterocycles. The van der Waals surface area contributed by atoms with E-state index in [2.05, 4.69) is 0 Å². The van der Waals surface area contributed by atoms with Crippen LogP contribution in [-0.2, 0) is 16.1 Å². The van der Waals surface area contributed by atoms with E-state index in [1.165, 1.54) is 0 Å². The number of carboxylic acid groups (broad SMARTS) is 1. The molecule has 1 aromatic heterocycles. The summed E-state index contributed by atoms with van der Waals surface area (Å²) in [6.07, 6.45) is 1.60. The van der Waals surface area contributed by atoms with Crippen LogP contribution in [0.25, 0.3) is 11.1 Å². The molecule has 2 aliphatic heterocycles. The number of fused-ring (bicyclic) bond motifs is 4. The smallest absolute Gasteiger partial charge is 0.303 e. The highest BCUT2D eigenvalue weighted by Crippen LogP contribution is 2.36. The minimum absolute atomic E-state index is 0.000701. The number of hydrogen-bond donors (Lipinski definition) is 1. The van der Waals surface area contributed by atoms with Crippen molar-refractivity contribution in [3.8, 4) is 11.1 Å². The Labute approximate surface area is 173 Å². The molecule has 2 aromatic rings. The van der Waals surface area contributed by atoms with Crippen LogP contribution >= 0.6 is 11.6 Å². The first kappa shape index (κ1) is 19.7. The van der Waals surface area contributed by atoms with Crippen molar-refractivity contribution >= 4 is 23.5 Å². The molecule has 1 N–H and O–H groups in total. The number of nitrogens with zero attached hydrogens (tertiary/aromatic N) is 2. The highest BCUT2D eigenvalue weighted by atomic mass is 35.5. The van der Waals surface area contributed by atoms with Gasteiger partial charge in [-0.05, 0) is 48.6 Å². The second kappa shape index (κ2) is 8.03. The number of halogens is 1. The molecule has 6 nitrogen and oxygen atoms in total. The molecule has 29 heavy (non-hydrogen) atoms. The molecule has 1 amide bonds. The Morgan fingerprint density at radius 3 is 2.52 bits per heavy atom. The minimum Gasteiger partial charge on any atom is -0.481 e. The predicted molar refractivity (Wildman–Crippen MR) is 110 cm³/mol. The zero-order valence-electron chi connectivity index (χ0n) is 16.0. The van der Waals surface area contributed by atoms with Gasteiger partial charge >= 0.3 is 5.97 Å². The first-order valence-corrected chi connectivity index (χ1v) is 10.3. The summed E-state index contributed by atoms with van der Waals surface area (Å²) in [4.78, 5) is 38.2. The van der Waals surface area contributed by atoms with Crippen molar-refractivity contribution in [2.45, 2.75) is 38.1 Å². The molecule has 0 aliphatic carbocycles. The van der Waals surface area contributed by atoms with Crippen LogP contribution in [-0.4, -0.2) is 39.5 Å². The van der Waals surface area contributed by atoms with Gasteiger partial charge in [-0.15, -0.1) is 0 Å². The van der Waals surface area contributed by atoms with Crippen molar-refractivity contribution in [3.05, 3.63) is 57.5 Å². The number of aliphatic carboxylic acids is 1. The number of amides is 1. The van der Waals surface area contributed by atoms with Gasteiger partial charge < -0.3 is 14.6 Å². The number of benzene rings is 1. The fourth-order valence-corrected chi connectivity index (χ4v) is 4.67. The van der Waals surface area contributed by atoms with E-state index >= 15 is 0 Å². The number of hydrogen-bond acceptors (Lipinski definition) is 3. The topological polar surface area (TPSA) is 79.6 Å². The Morgan fingerprint density at radius 2 is 1.79 bits per heavy atom. The fourth-order valence-electron chi connectivity index (χ4n) is 4.55. The van der Waals surface area contributed by atoms with Crippen molar-refractivity contribution in [3.63, 3.8) is 0 Å². The zero-order chi connectivity index (χ0) is 20.5. The summed E-state index contributed by atoms with van der Waals surface area (Å²) in [6, 6.07) is 11.1. The third kappa shape index (κ3) is 4.08. The Balaban J connectivity index is 1.55. The maximum absolute atomic E-state index is 13.1. The summed E-state index contributed by atoms with van der Waals surface area (Å²) < 4.78 is 1.87. The van der Waals surface area contributed by atoms with Crippen LogP contribution in [0.2, 0.25) is 5.02 Å². The Bertz CT molecular complexity index is 999. The quantitative estimate of drug-likeness (QED) is 0.813. The summed E-state index contributed by atoms with van der Waals surface area (Å²) in [7, 11) is 0. The molecular weight excluding hydrogens is 392 g/mol. The monoisotopic (exact) mass is 414 g/mol. The summed E-state index contributed by atoms with van der Waals surface area (Å²) in [5.41, 5.74) is 2.49. The molecule has 2 atom stereocenters. The van der Waals surface area contributed by atoms with Crippen molar-refractivity contribution in [1.82, 2.24) is 9.47 Å². The van der Waals surface area contributed by atoms with Crippen LogP contribution < -0.4 is 5.56 Å². The summed E-state index contributed by atoms with van der Waals surface area (Å²) >= 11 is 5.96. The normalized spacial score (nSPS) is 20.2. The number of carbonyl (C=O) groups excluding carboxylic acids is 1. The molecule has 0 spiro atoms. The molecule has 0 unspecified atom stereocenters. The maximum atomic E-state index is 13.1. The lowest BCUT2D eigenvalue weighted by molar-refractivity contribution is -0.137. The Morgan fingerprint density at radius 1 is 1.03 bits per heavy atom. The first-order valence-electron chi connectivity index (χ1n) is 9.91. The van der Waals surface area contributed by atoms with Gasteiger partial charge in [-0.25, -0.2) is 0 Å². The fraction of sp³-hybridized carbons (Fsp3) is 0.409. The van der Waals surface area contributed by atoms with Gasteiger partial charge in [0.2, 0.25) is 5.91 Å². The molecule has 1 fully saturated rings. The van der Waals surface area contributed by atoms with Crippen LogP contribution in [0.1, 0.15) is 37.3 Å². The van der Waals surface area contributed by atoms with E-state index in [0.717, 1.165) is 17.7 Å². The van der Waals surface area contributed by atoms with Gasteiger partial charge in [-0.1, -0.05) is 23.7 Å². The number of likely N-dealkylation sites (tertiary alicyclic amines) is 1. The molecule has 0 saturated carbocycles. The van der Waals surface area contributed by atoms with Crippen LogP contribution in [0.15, 0.2) is 41.2 Å². The van der Waals surface area contributed by atoms with Gasteiger partial charge in [-0.3, -0.25) is 14.4 Å². The van der Waals surface area contributed by atoms with E-state index < -0.39 is 5.97 Å². The van der Waals surface area contributed by atoms with Gasteiger partial charge in [0, 0.05) is 54.7 Å². The summed E-state index contributed by atoms with van der Waals surface area (Å²) in [5, 5.41) is 9.39. The van der Waals surface area contributed by atoms with E-state index in [4.69, 9.17) is 16.7 Å². The highest BCUT2D eigenvalue weighted by Gasteiger charge is 2.36. The zero-order valence-corrected chi connectivity index (χ0v) is 16.8. The van der Waals surface area contributed by atoms with E-state index in [1.807, 2.05) is 33.7 Å². The number of carboxylic acids is 1. The maximum Gasteiger partial charge on any atom is 0.303 e. The third-order valence-corrected chi connectivity index (χ3v) is 6.15. The Hall–Kier alpha value is -2.60. The molecule has 2 bridgehead atoms. The van der Waals surface area contributed by atoms with Gasteiger partial charge in [0.1, 0.15) is 0 Å². The number of pyridine rings is 1. The van der Waals surface area contributed by atoms with Gasteiger partial charge in [0.15, 0.2) is 0 Å². The Kier molecular flexibility index (Phi) is 5.46. The van der Waals surface area contributed by atoms with E-state index in [-0.39, 0.29) is 36.1 Å². The van der Waals surface area contributed by atoms with Gasteiger partial charge in [-0.2, -0.15) is 0 Å². The lowest BCUT2D eigenvalue weighted by Crippen LogP contribution is -2.49. The first-order chi connectivity index (χ1) is 13.9. The standard InChI is InChI=1S/C22H23ClN2O4/c23-17-6-4-15(5-7-17)18-8-9-19-16-10-14(12-25(19)22(18)29)11-24(13-16)20(26)2-1-3-21(27)28/h4-9,14,16H,1-3,10-13H2,(H,27,28)/t14-,16-/m1/s1. The molecule has 152 valence electrons. The van der Waals surface area contributed by atoms with Crippen molar-refractivity contribution in [2.75, 3.05) is 13.1 Å². The van der Waals surface area contributed by atoms with Crippen LogP contribution in [0, 0.1) is 5.92 Å². The van der Waals surface area contributed by atoms with E-state index in [9.17, 15) is 14.4 Å². The van der Waals surface area contributed by atoms with Crippen molar-refractivity contribution < 1.29 is 14.7 Å². The third-order valence-electron chi connectivity index (χ3n) is 5.89. The molecular formula is C22H23ClN2O4. The van der Waals surface area contributed by atoms with Crippen LogP contribution in [0.3, 0.4) is 0 Å². The minimum atomic E-state index is -0.877. The molecule has 7 heteroatoms. The van der Waals surface area contributed by atoms with Crippen LogP contribution in [0.5, 0.6) is 0 Å². The second-order valence-corrected chi connectivity index (χ2v) is 8.38. The average molecular weight is 415 g/mol. The van der Waals surface area contributed by atoms with Crippen LogP contribution in [0.4, 0.5) is 0 Å². The highest BCUT2D eigenvalue weighted by molar-refractivity contribution is 6.30. The largest absolute Gasteiger partial charge is 0.481 e. The molecule has 2 aliphatic rings. The van der Waals surface area contributed by atoms with Gasteiger partial charge in [0.05, 0.1) is 0 Å². The number of carbonyl (C=O) groups is 2. The molecule has 3 heterocycles. The van der Waals surface area contributed by atoms with E-state index in [1.54, 1.807) is 12.1 Å². The lowest BCUT2D eigenvalue weighted by atomic mass is 9.82. The molecule has 1 aromatic carbocycles. The van der Waals surface area contributed by atoms with Gasteiger partial charge in [0.25, 0.3) is 5.56 Å². The second-order valence-electron chi connectivity index (χ2n) is 7.94. The molecule has 0 radical (unpaired) electrons. The SMILES string of the molecule is O=C(O)CCCC(=O)N1C[C@H]2C[C@H](C1)c1ccc(-c3ccc(Cl)cc3)c(=O)n1C2. The van der Waals surface area contributed by atoms with Crippen molar-refractivity contribution in [2.24, 2.45) is 5.92 Å².